The van der Waals surface area contributed by atoms with Crippen molar-refractivity contribution in [1.29, 1.82) is 0 Å². The number of hydrogen-bond acceptors (Lipinski definition) is 5. The maximum Gasteiger partial charge on any atom is 0.144 e. The molecule has 1 heterocycles. The van der Waals surface area contributed by atoms with Gasteiger partial charge in [0.05, 0.1) is 12.4 Å². The number of hydrogen-bond donors (Lipinski definition) is 2. The Bertz CT molecular complexity index is 282. The maximum atomic E-state index is 5.43. The molecule has 0 aromatic carbocycles. The molecule has 5 nitrogen and oxygen atoms in total. The fourth-order valence-electron chi connectivity index (χ4n) is 1.05. The molecule has 0 aliphatic rings. The van der Waals surface area contributed by atoms with Crippen LogP contribution in [0.4, 0.5) is 11.6 Å². The smallest absolute Gasteiger partial charge is 0.144 e. The van der Waals surface area contributed by atoms with Crippen LogP contribution in [0.15, 0.2) is 12.4 Å². The molecule has 0 saturated carbocycles. The fourth-order valence-corrected chi connectivity index (χ4v) is 1.05. The van der Waals surface area contributed by atoms with Gasteiger partial charge in [0.1, 0.15) is 11.6 Å². The van der Waals surface area contributed by atoms with Gasteiger partial charge in [0.15, 0.2) is 0 Å². The molecule has 0 saturated heterocycles. The van der Waals surface area contributed by atoms with Gasteiger partial charge in [-0.25, -0.2) is 9.97 Å². The second-order valence-corrected chi connectivity index (χ2v) is 3.83. The monoisotopic (exact) mass is 209 g/mol. The molecule has 5 heteroatoms. The van der Waals surface area contributed by atoms with Gasteiger partial charge in [0.25, 0.3) is 0 Å². The minimum Gasteiger partial charge on any atom is -0.382 e. The largest absolute Gasteiger partial charge is 0.382 e. The average Bonchev–Trinajstić information content (AvgIpc) is 2.20. The van der Waals surface area contributed by atoms with Crippen LogP contribution < -0.4 is 11.1 Å². The summed E-state index contributed by atoms with van der Waals surface area (Å²) in [6, 6.07) is 0.560. The zero-order chi connectivity index (χ0) is 11.3. The van der Waals surface area contributed by atoms with Crippen molar-refractivity contribution in [2.24, 2.45) is 0 Å². The molecule has 0 atom stereocenters. The van der Waals surface area contributed by atoms with Gasteiger partial charge in [0, 0.05) is 19.1 Å². The first kappa shape index (κ1) is 11.7. The fraction of sp³-hybridized carbons (Fsp3) is 0.600. The van der Waals surface area contributed by atoms with Crippen LogP contribution in [0, 0.1) is 0 Å². The van der Waals surface area contributed by atoms with Crippen molar-refractivity contribution in [3.63, 3.8) is 0 Å². The Balaban J connectivity index is 2.29. The normalized spacial score (nSPS) is 11.0. The van der Waals surface area contributed by atoms with E-state index in [4.69, 9.17) is 5.73 Å². The lowest BCUT2D eigenvalue weighted by Crippen LogP contribution is -2.31. The summed E-state index contributed by atoms with van der Waals surface area (Å²) < 4.78 is 0. The molecule has 0 unspecified atom stereocenters. The Kier molecular flexibility index (Phi) is 4.30. The quantitative estimate of drug-likeness (QED) is 0.751. The van der Waals surface area contributed by atoms with E-state index in [0.717, 1.165) is 18.9 Å². The van der Waals surface area contributed by atoms with Gasteiger partial charge >= 0.3 is 0 Å². The molecule has 1 rings (SSSR count). The van der Waals surface area contributed by atoms with Crippen LogP contribution in [0.5, 0.6) is 0 Å². The van der Waals surface area contributed by atoms with E-state index in [-0.39, 0.29) is 0 Å². The van der Waals surface area contributed by atoms with Gasteiger partial charge in [-0.15, -0.1) is 0 Å². The van der Waals surface area contributed by atoms with Crippen molar-refractivity contribution in [3.8, 4) is 0 Å². The molecule has 84 valence electrons. The molecule has 15 heavy (non-hydrogen) atoms. The molecule has 0 amide bonds. The minimum atomic E-state index is 0.444. The van der Waals surface area contributed by atoms with E-state index >= 15 is 0 Å². The topological polar surface area (TPSA) is 67.1 Å². The van der Waals surface area contributed by atoms with Gasteiger partial charge in [-0.05, 0) is 20.9 Å². The Morgan fingerprint density at radius 1 is 1.40 bits per heavy atom. The molecule has 3 N–H and O–H groups in total. The van der Waals surface area contributed by atoms with Gasteiger partial charge < -0.3 is 16.0 Å². The van der Waals surface area contributed by atoms with Crippen LogP contribution in [0.1, 0.15) is 13.8 Å². The van der Waals surface area contributed by atoms with Crippen LogP contribution in [-0.4, -0.2) is 41.0 Å². The van der Waals surface area contributed by atoms with Gasteiger partial charge in [0.2, 0.25) is 0 Å². The lowest BCUT2D eigenvalue weighted by atomic mass is 10.3. The highest BCUT2D eigenvalue weighted by Gasteiger charge is 2.02. The van der Waals surface area contributed by atoms with Crippen LogP contribution in [0.25, 0.3) is 0 Å². The first-order valence-corrected chi connectivity index (χ1v) is 5.11. The van der Waals surface area contributed by atoms with Crippen LogP contribution >= 0.6 is 0 Å². The maximum absolute atomic E-state index is 5.43. The van der Waals surface area contributed by atoms with Crippen molar-refractivity contribution >= 4 is 11.6 Å². The SMILES string of the molecule is CC(C)N(C)CCNc1cnc(N)cn1. The van der Waals surface area contributed by atoms with Crippen LogP contribution in [0.3, 0.4) is 0 Å². The van der Waals surface area contributed by atoms with Gasteiger partial charge in [-0.1, -0.05) is 0 Å². The van der Waals surface area contributed by atoms with Crippen molar-refractivity contribution in [2.75, 3.05) is 31.2 Å². The summed E-state index contributed by atoms with van der Waals surface area (Å²) in [4.78, 5) is 10.3. The predicted octanol–water partition coefficient (Wildman–Crippen LogP) is 0.811. The second kappa shape index (κ2) is 5.50. The lowest BCUT2D eigenvalue weighted by Gasteiger charge is -2.20. The van der Waals surface area contributed by atoms with Crippen LogP contribution in [0.2, 0.25) is 0 Å². The molecule has 0 radical (unpaired) electrons. The number of nitrogens with two attached hydrogens (primary N) is 1. The first-order chi connectivity index (χ1) is 7.09. The Morgan fingerprint density at radius 2 is 2.13 bits per heavy atom. The molecular weight excluding hydrogens is 190 g/mol. The van der Waals surface area contributed by atoms with Gasteiger partial charge in [-0.3, -0.25) is 0 Å². The van der Waals surface area contributed by atoms with E-state index in [9.17, 15) is 0 Å². The number of aromatic nitrogens is 2. The molecule has 0 spiro atoms. The predicted molar refractivity (Wildman–Crippen MR) is 62.7 cm³/mol. The zero-order valence-electron chi connectivity index (χ0n) is 9.57. The summed E-state index contributed by atoms with van der Waals surface area (Å²) in [5.41, 5.74) is 5.43. The molecule has 1 aromatic heterocycles. The molecule has 0 aliphatic carbocycles. The number of nitrogens with zero attached hydrogens (tertiary/aromatic N) is 3. The molecule has 1 aromatic rings. The highest BCUT2D eigenvalue weighted by atomic mass is 15.1. The van der Waals surface area contributed by atoms with Gasteiger partial charge in [-0.2, -0.15) is 0 Å². The summed E-state index contributed by atoms with van der Waals surface area (Å²) in [5.74, 6) is 1.21. The van der Waals surface area contributed by atoms with E-state index in [1.165, 1.54) is 0 Å². The van der Waals surface area contributed by atoms with Crippen molar-refractivity contribution in [2.45, 2.75) is 19.9 Å². The lowest BCUT2D eigenvalue weighted by molar-refractivity contribution is 0.284. The van der Waals surface area contributed by atoms with E-state index in [0.29, 0.717) is 11.9 Å². The third kappa shape index (κ3) is 4.12. The third-order valence-electron chi connectivity index (χ3n) is 2.32. The average molecular weight is 209 g/mol. The summed E-state index contributed by atoms with van der Waals surface area (Å²) in [7, 11) is 2.10. The second-order valence-electron chi connectivity index (χ2n) is 3.83. The number of nitrogen functional groups attached to an aromatic ring is 1. The number of likely N-dealkylation sites (N-methyl/N-ethyl adjacent to an activating group) is 1. The Morgan fingerprint density at radius 3 is 2.67 bits per heavy atom. The van der Waals surface area contributed by atoms with Crippen molar-refractivity contribution in [3.05, 3.63) is 12.4 Å². The van der Waals surface area contributed by atoms with Crippen LogP contribution in [-0.2, 0) is 0 Å². The Hall–Kier alpha value is -1.36. The summed E-state index contributed by atoms with van der Waals surface area (Å²) in [5, 5.41) is 3.19. The van der Waals surface area contributed by atoms with Crippen molar-refractivity contribution < 1.29 is 0 Å². The van der Waals surface area contributed by atoms with E-state index < -0.39 is 0 Å². The zero-order valence-corrected chi connectivity index (χ0v) is 9.57. The summed E-state index contributed by atoms with van der Waals surface area (Å²) >= 11 is 0. The van der Waals surface area contributed by atoms with E-state index in [1.807, 2.05) is 0 Å². The molecular formula is C10H19N5. The highest BCUT2D eigenvalue weighted by Crippen LogP contribution is 2.01. The number of anilines is 2. The highest BCUT2D eigenvalue weighted by molar-refractivity contribution is 5.35. The summed E-state index contributed by atoms with van der Waals surface area (Å²) in [6.45, 7) is 6.17. The summed E-state index contributed by atoms with van der Waals surface area (Å²) in [6.07, 6.45) is 3.19. The number of nitrogens with one attached hydrogen (secondary N) is 1. The number of rotatable bonds is 5. The molecule has 0 fully saturated rings. The van der Waals surface area contributed by atoms with E-state index in [2.05, 4.69) is 41.1 Å². The van der Waals surface area contributed by atoms with Crippen molar-refractivity contribution in [1.82, 2.24) is 14.9 Å². The standard InChI is InChI=1S/C10H19N5/c1-8(2)15(3)5-4-12-10-7-13-9(11)6-14-10/h6-8H,4-5H2,1-3H3,(H2,11,13)(H,12,14). The molecule has 0 bridgehead atoms. The third-order valence-corrected chi connectivity index (χ3v) is 2.32. The first-order valence-electron chi connectivity index (χ1n) is 5.11. The Labute approximate surface area is 90.7 Å². The minimum absolute atomic E-state index is 0.444. The molecule has 0 aliphatic heterocycles. The van der Waals surface area contributed by atoms with E-state index in [1.54, 1.807) is 12.4 Å².